The van der Waals surface area contributed by atoms with E-state index >= 15 is 0 Å². The van der Waals surface area contributed by atoms with Crippen LogP contribution in [0, 0.1) is 0 Å². The number of halogens is 3. The molecule has 0 saturated heterocycles. The van der Waals surface area contributed by atoms with E-state index in [4.69, 9.17) is 5.11 Å². The van der Waals surface area contributed by atoms with Gasteiger partial charge in [-0.3, -0.25) is 4.79 Å². The fourth-order valence-corrected chi connectivity index (χ4v) is 1.98. The molecule has 1 aromatic carbocycles. The summed E-state index contributed by atoms with van der Waals surface area (Å²) in [7, 11) is 1.47. The highest BCUT2D eigenvalue weighted by Crippen LogP contribution is 2.34. The number of nitrogens with one attached hydrogen (secondary N) is 1. The second-order valence-corrected chi connectivity index (χ2v) is 4.59. The summed E-state index contributed by atoms with van der Waals surface area (Å²) in [6.07, 6.45) is -3.85. The van der Waals surface area contributed by atoms with E-state index in [2.05, 4.69) is 5.32 Å². The molecule has 0 heterocycles. The fraction of sp³-hybridized carbons (Fsp3) is 0.500. The number of carbonyl (C=O) groups is 1. The smallest absolute Gasteiger partial charge is 0.392 e. The first-order chi connectivity index (χ1) is 9.83. The summed E-state index contributed by atoms with van der Waals surface area (Å²) >= 11 is 0. The highest BCUT2D eigenvalue weighted by molar-refractivity contribution is 5.81. The minimum Gasteiger partial charge on any atom is -0.392 e. The summed E-state index contributed by atoms with van der Waals surface area (Å²) in [6.45, 7) is 1.64. The average molecular weight is 304 g/mol. The number of aliphatic hydroxyl groups excluding tert-OH is 1. The minimum absolute atomic E-state index is 0.0138. The summed E-state index contributed by atoms with van der Waals surface area (Å²) in [5.41, 5.74) is -0.742. The molecule has 0 unspecified atom stereocenters. The van der Waals surface area contributed by atoms with Crippen molar-refractivity contribution in [2.45, 2.75) is 26.1 Å². The lowest BCUT2D eigenvalue weighted by Gasteiger charge is -2.25. The highest BCUT2D eigenvalue weighted by Gasteiger charge is 2.33. The predicted molar refractivity (Wildman–Crippen MR) is 73.9 cm³/mol. The number of rotatable bonds is 6. The molecule has 1 rings (SSSR count). The quantitative estimate of drug-likeness (QED) is 0.847. The molecule has 0 atom stereocenters. The van der Waals surface area contributed by atoms with Crippen LogP contribution in [0.3, 0.4) is 0 Å². The maximum atomic E-state index is 13.0. The number of hydrogen-bond acceptors (Lipinski definition) is 3. The van der Waals surface area contributed by atoms with Gasteiger partial charge in [0.15, 0.2) is 0 Å². The first kappa shape index (κ1) is 17.3. The lowest BCUT2D eigenvalue weighted by molar-refractivity contribution is -0.138. The van der Waals surface area contributed by atoms with Crippen molar-refractivity contribution >= 4 is 11.6 Å². The second-order valence-electron chi connectivity index (χ2n) is 4.59. The van der Waals surface area contributed by atoms with Crippen LogP contribution in [0.25, 0.3) is 0 Å². The van der Waals surface area contributed by atoms with E-state index in [0.29, 0.717) is 18.7 Å². The highest BCUT2D eigenvalue weighted by atomic mass is 19.4. The molecule has 0 saturated carbocycles. The van der Waals surface area contributed by atoms with Crippen molar-refractivity contribution in [1.29, 1.82) is 0 Å². The molecule has 0 aliphatic heterocycles. The average Bonchev–Trinajstić information content (AvgIpc) is 2.45. The van der Waals surface area contributed by atoms with Crippen molar-refractivity contribution in [3.63, 3.8) is 0 Å². The summed E-state index contributed by atoms with van der Waals surface area (Å²) in [5.74, 6) is -0.275. The molecule has 118 valence electrons. The van der Waals surface area contributed by atoms with Crippen molar-refractivity contribution in [3.05, 3.63) is 29.3 Å². The Balaban J connectivity index is 3.17. The third-order valence-electron chi connectivity index (χ3n) is 3.04. The Morgan fingerprint density at radius 1 is 1.38 bits per heavy atom. The van der Waals surface area contributed by atoms with Crippen LogP contribution in [-0.2, 0) is 17.6 Å². The van der Waals surface area contributed by atoms with Gasteiger partial charge in [-0.25, -0.2) is 0 Å². The Bertz CT molecular complexity index is 490. The van der Waals surface area contributed by atoms with Crippen molar-refractivity contribution in [2.24, 2.45) is 0 Å². The van der Waals surface area contributed by atoms with Gasteiger partial charge in [-0.15, -0.1) is 0 Å². The van der Waals surface area contributed by atoms with Gasteiger partial charge in [-0.2, -0.15) is 13.2 Å². The molecule has 0 aromatic heterocycles. The van der Waals surface area contributed by atoms with Gasteiger partial charge in [-0.1, -0.05) is 13.0 Å². The molecule has 0 bridgehead atoms. The number of likely N-dealkylation sites (N-methyl/N-ethyl adjacent to an activating group) is 1. The fourth-order valence-electron chi connectivity index (χ4n) is 1.98. The minimum atomic E-state index is -4.54. The predicted octanol–water partition coefficient (Wildman–Crippen LogP) is 2.16. The number of hydrogen-bond donors (Lipinski definition) is 2. The van der Waals surface area contributed by atoms with Crippen molar-refractivity contribution < 1.29 is 23.1 Å². The summed E-state index contributed by atoms with van der Waals surface area (Å²) in [4.78, 5) is 13.0. The van der Waals surface area contributed by atoms with Crippen LogP contribution in [0.4, 0.5) is 18.9 Å². The topological polar surface area (TPSA) is 52.6 Å². The first-order valence-electron chi connectivity index (χ1n) is 6.60. The van der Waals surface area contributed by atoms with E-state index in [9.17, 15) is 18.0 Å². The molecule has 2 N–H and O–H groups in total. The molecule has 1 amide bonds. The third kappa shape index (κ3) is 4.63. The van der Waals surface area contributed by atoms with Gasteiger partial charge in [0, 0.05) is 19.3 Å². The van der Waals surface area contributed by atoms with E-state index in [-0.39, 0.29) is 18.0 Å². The number of alkyl halides is 3. The number of aliphatic hydroxyl groups is 1. The molecule has 21 heavy (non-hydrogen) atoms. The molecular weight excluding hydrogens is 285 g/mol. The van der Waals surface area contributed by atoms with Crippen LogP contribution in [0.2, 0.25) is 0 Å². The van der Waals surface area contributed by atoms with E-state index in [1.807, 2.05) is 6.92 Å². The van der Waals surface area contributed by atoms with Crippen LogP contribution in [-0.4, -0.2) is 31.2 Å². The molecule has 1 aromatic rings. The zero-order valence-electron chi connectivity index (χ0n) is 12.0. The Labute approximate surface area is 121 Å². The van der Waals surface area contributed by atoms with E-state index < -0.39 is 18.3 Å². The first-order valence-corrected chi connectivity index (χ1v) is 6.60. The SMILES string of the molecule is CCCN(CC(=O)NC)c1ccc(CO)c(C(F)(F)F)c1. The lowest BCUT2D eigenvalue weighted by atomic mass is 10.1. The molecule has 0 aliphatic rings. The summed E-state index contributed by atoms with van der Waals surface area (Å²) in [5, 5.41) is 11.5. The normalized spacial score (nSPS) is 11.3. The van der Waals surface area contributed by atoms with Gasteiger partial charge in [0.2, 0.25) is 5.91 Å². The van der Waals surface area contributed by atoms with Gasteiger partial charge in [-0.05, 0) is 24.1 Å². The summed E-state index contributed by atoms with van der Waals surface area (Å²) in [6, 6.07) is 3.70. The Morgan fingerprint density at radius 3 is 2.52 bits per heavy atom. The number of benzene rings is 1. The maximum absolute atomic E-state index is 13.0. The van der Waals surface area contributed by atoms with Gasteiger partial charge in [0.05, 0.1) is 18.7 Å². The Kier molecular flexibility index (Phi) is 6.02. The van der Waals surface area contributed by atoms with Gasteiger partial charge in [0.25, 0.3) is 0 Å². The largest absolute Gasteiger partial charge is 0.416 e. The molecule has 0 fully saturated rings. The zero-order valence-corrected chi connectivity index (χ0v) is 12.0. The van der Waals surface area contributed by atoms with E-state index in [1.54, 1.807) is 4.90 Å². The molecule has 4 nitrogen and oxygen atoms in total. The van der Waals surface area contributed by atoms with Crippen molar-refractivity contribution in [3.8, 4) is 0 Å². The monoisotopic (exact) mass is 304 g/mol. The Morgan fingerprint density at radius 2 is 2.05 bits per heavy atom. The molecule has 0 aliphatic carbocycles. The molecule has 0 spiro atoms. The number of carbonyl (C=O) groups excluding carboxylic acids is 1. The number of amides is 1. The van der Waals surface area contributed by atoms with E-state index in [1.165, 1.54) is 19.2 Å². The van der Waals surface area contributed by atoms with Gasteiger partial charge < -0.3 is 15.3 Å². The van der Waals surface area contributed by atoms with Crippen LogP contribution < -0.4 is 10.2 Å². The summed E-state index contributed by atoms with van der Waals surface area (Å²) < 4.78 is 39.0. The van der Waals surface area contributed by atoms with Gasteiger partial charge >= 0.3 is 6.18 Å². The van der Waals surface area contributed by atoms with Crippen LogP contribution in [0.1, 0.15) is 24.5 Å². The Hall–Kier alpha value is -1.76. The molecule has 0 radical (unpaired) electrons. The lowest BCUT2D eigenvalue weighted by Crippen LogP contribution is -2.36. The standard InChI is InChI=1S/C14H19F3N2O2/c1-3-6-19(8-13(21)18-2)11-5-4-10(9-20)12(7-11)14(15,16)17/h4-5,7,20H,3,6,8-9H2,1-2H3,(H,18,21). The van der Waals surface area contributed by atoms with Crippen molar-refractivity contribution in [2.75, 3.05) is 25.0 Å². The number of anilines is 1. The second kappa shape index (κ2) is 7.31. The van der Waals surface area contributed by atoms with E-state index in [0.717, 1.165) is 6.07 Å². The van der Waals surface area contributed by atoms with Crippen LogP contribution in [0.5, 0.6) is 0 Å². The molecule has 7 heteroatoms. The molecular formula is C14H19F3N2O2. The third-order valence-corrected chi connectivity index (χ3v) is 3.04. The zero-order chi connectivity index (χ0) is 16.0. The number of nitrogens with zero attached hydrogens (tertiary/aromatic N) is 1. The van der Waals surface area contributed by atoms with Crippen LogP contribution >= 0.6 is 0 Å². The van der Waals surface area contributed by atoms with Gasteiger partial charge in [0.1, 0.15) is 0 Å². The van der Waals surface area contributed by atoms with Crippen LogP contribution in [0.15, 0.2) is 18.2 Å². The van der Waals surface area contributed by atoms with Crippen molar-refractivity contribution in [1.82, 2.24) is 5.32 Å². The maximum Gasteiger partial charge on any atom is 0.416 e.